The van der Waals surface area contributed by atoms with E-state index in [2.05, 4.69) is 0 Å². The van der Waals surface area contributed by atoms with Crippen molar-refractivity contribution in [3.8, 4) is 5.75 Å². The highest BCUT2D eigenvalue weighted by Gasteiger charge is 2.23. The second-order valence-electron chi connectivity index (χ2n) is 9.72. The first-order valence-electron chi connectivity index (χ1n) is 11.3. The summed E-state index contributed by atoms with van der Waals surface area (Å²) in [5.74, 6) is 0.681. The third-order valence-corrected chi connectivity index (χ3v) is 5.47. The lowest BCUT2D eigenvalue weighted by Crippen LogP contribution is -2.40. The highest BCUT2D eigenvalue weighted by Crippen LogP contribution is 2.31. The summed E-state index contributed by atoms with van der Waals surface area (Å²) >= 11 is 0. The van der Waals surface area contributed by atoms with Crippen molar-refractivity contribution in [3.63, 3.8) is 0 Å². The lowest BCUT2D eigenvalue weighted by Gasteiger charge is -2.28. The molecule has 5 heteroatoms. The molecule has 4 rings (SSSR count). The number of ether oxygens (including phenoxy) is 1. The number of amides is 1. The summed E-state index contributed by atoms with van der Waals surface area (Å²) in [7, 11) is 0. The Morgan fingerprint density at radius 1 is 0.970 bits per heavy atom. The van der Waals surface area contributed by atoms with Crippen LogP contribution in [0.4, 0.5) is 0 Å². The van der Waals surface area contributed by atoms with Crippen molar-refractivity contribution in [2.45, 2.75) is 39.8 Å². The van der Waals surface area contributed by atoms with Gasteiger partial charge in [-0.3, -0.25) is 4.79 Å². The fourth-order valence-electron chi connectivity index (χ4n) is 3.92. The molecule has 33 heavy (non-hydrogen) atoms. The molecule has 0 radical (unpaired) electrons. The summed E-state index contributed by atoms with van der Waals surface area (Å²) in [6.45, 7) is 6.89. The van der Waals surface area contributed by atoms with Gasteiger partial charge in [-0.05, 0) is 35.2 Å². The van der Waals surface area contributed by atoms with Gasteiger partial charge in [0.15, 0.2) is 0 Å². The predicted octanol–water partition coefficient (Wildman–Crippen LogP) is 5.79. The molecule has 1 heterocycles. The number of aliphatic hydroxyl groups is 1. The molecule has 172 valence electrons. The standard InChI is InChI=1S/C28H31NO4/c1-28(2,3)16-27(31)29(17-20-9-5-4-6-10-20)18-21(30)19-32-22-13-14-26-24(15-22)23-11-7-8-12-25(23)33-26/h4-15,21,30H,16-19H2,1-3H3/t21-/m0/s1. The highest BCUT2D eigenvalue weighted by molar-refractivity contribution is 6.05. The number of hydrogen-bond acceptors (Lipinski definition) is 4. The van der Waals surface area contributed by atoms with Crippen molar-refractivity contribution in [1.82, 2.24) is 4.90 Å². The van der Waals surface area contributed by atoms with Crippen LogP contribution in [0.5, 0.6) is 5.75 Å². The molecule has 1 aromatic heterocycles. The van der Waals surface area contributed by atoms with Crippen molar-refractivity contribution >= 4 is 27.8 Å². The number of aliphatic hydroxyl groups excluding tert-OH is 1. The summed E-state index contributed by atoms with van der Waals surface area (Å²) in [6, 6.07) is 23.4. The molecule has 0 saturated heterocycles. The first kappa shape index (κ1) is 22.9. The topological polar surface area (TPSA) is 62.9 Å². The van der Waals surface area contributed by atoms with Gasteiger partial charge in [-0.15, -0.1) is 0 Å². The number of furan rings is 1. The Hall–Kier alpha value is -3.31. The molecule has 0 aliphatic carbocycles. The van der Waals surface area contributed by atoms with E-state index in [4.69, 9.17) is 9.15 Å². The van der Waals surface area contributed by atoms with Crippen molar-refractivity contribution in [2.75, 3.05) is 13.2 Å². The average molecular weight is 446 g/mol. The number of para-hydroxylation sites is 1. The largest absolute Gasteiger partial charge is 0.491 e. The summed E-state index contributed by atoms with van der Waals surface area (Å²) in [4.78, 5) is 14.7. The SMILES string of the molecule is CC(C)(C)CC(=O)N(Cc1ccccc1)C[C@H](O)COc1ccc2oc3ccccc3c2c1. The third-order valence-electron chi connectivity index (χ3n) is 5.47. The summed E-state index contributed by atoms with van der Waals surface area (Å²) in [5.41, 5.74) is 2.53. The van der Waals surface area contributed by atoms with Gasteiger partial charge < -0.3 is 19.2 Å². The number of hydrogen-bond donors (Lipinski definition) is 1. The molecule has 0 fully saturated rings. The smallest absolute Gasteiger partial charge is 0.223 e. The van der Waals surface area contributed by atoms with Gasteiger partial charge in [0, 0.05) is 23.7 Å². The molecular formula is C28H31NO4. The van der Waals surface area contributed by atoms with E-state index in [0.29, 0.717) is 18.7 Å². The molecule has 1 N–H and O–H groups in total. The van der Waals surface area contributed by atoms with Crippen molar-refractivity contribution in [1.29, 1.82) is 0 Å². The van der Waals surface area contributed by atoms with E-state index >= 15 is 0 Å². The predicted molar refractivity (Wildman–Crippen MR) is 131 cm³/mol. The van der Waals surface area contributed by atoms with E-state index in [1.165, 1.54) is 0 Å². The molecule has 1 amide bonds. The summed E-state index contributed by atoms with van der Waals surface area (Å²) < 4.78 is 11.8. The Balaban J connectivity index is 1.43. The second kappa shape index (κ2) is 9.67. The number of rotatable bonds is 8. The highest BCUT2D eigenvalue weighted by atomic mass is 16.5. The van der Waals surface area contributed by atoms with Crippen LogP contribution < -0.4 is 4.74 Å². The molecule has 0 aliphatic rings. The summed E-state index contributed by atoms with van der Waals surface area (Å²) in [6.07, 6.45) is -0.396. The molecule has 4 aromatic rings. The Kier molecular flexibility index (Phi) is 6.70. The van der Waals surface area contributed by atoms with Crippen LogP contribution >= 0.6 is 0 Å². The zero-order valence-corrected chi connectivity index (χ0v) is 19.5. The molecule has 0 saturated carbocycles. The molecule has 0 bridgehead atoms. The summed E-state index contributed by atoms with van der Waals surface area (Å²) in [5, 5.41) is 12.7. The van der Waals surface area contributed by atoms with Crippen molar-refractivity contribution in [3.05, 3.63) is 78.4 Å². The van der Waals surface area contributed by atoms with Crippen LogP contribution in [0.1, 0.15) is 32.8 Å². The zero-order valence-electron chi connectivity index (χ0n) is 19.5. The normalized spacial score (nSPS) is 12.7. The maximum absolute atomic E-state index is 13.0. The average Bonchev–Trinajstić information content (AvgIpc) is 3.15. The van der Waals surface area contributed by atoms with E-state index in [9.17, 15) is 9.90 Å². The van der Waals surface area contributed by atoms with Gasteiger partial charge in [-0.1, -0.05) is 69.3 Å². The van der Waals surface area contributed by atoms with Gasteiger partial charge in [-0.25, -0.2) is 0 Å². The van der Waals surface area contributed by atoms with Crippen LogP contribution in [-0.2, 0) is 11.3 Å². The molecule has 3 aromatic carbocycles. The van der Waals surface area contributed by atoms with Crippen molar-refractivity contribution < 1.29 is 19.1 Å². The quantitative estimate of drug-likeness (QED) is 0.373. The van der Waals surface area contributed by atoms with Gasteiger partial charge >= 0.3 is 0 Å². The zero-order chi connectivity index (χ0) is 23.4. The second-order valence-corrected chi connectivity index (χ2v) is 9.72. The minimum atomic E-state index is -0.811. The lowest BCUT2D eigenvalue weighted by atomic mass is 9.91. The van der Waals surface area contributed by atoms with Crippen LogP contribution in [0.25, 0.3) is 21.9 Å². The molecule has 0 spiro atoms. The minimum Gasteiger partial charge on any atom is -0.491 e. The number of carbonyl (C=O) groups excluding carboxylic acids is 1. The fourth-order valence-corrected chi connectivity index (χ4v) is 3.92. The number of fused-ring (bicyclic) bond motifs is 3. The first-order valence-corrected chi connectivity index (χ1v) is 11.3. The maximum Gasteiger partial charge on any atom is 0.223 e. The van der Waals surface area contributed by atoms with Gasteiger partial charge in [0.05, 0.1) is 6.54 Å². The van der Waals surface area contributed by atoms with Gasteiger partial charge in [0.1, 0.15) is 29.6 Å². The van der Waals surface area contributed by atoms with Crippen LogP contribution in [0, 0.1) is 5.41 Å². The van der Waals surface area contributed by atoms with Crippen LogP contribution in [-0.4, -0.2) is 35.2 Å². The van der Waals surface area contributed by atoms with E-state index in [-0.39, 0.29) is 24.5 Å². The van der Waals surface area contributed by atoms with Gasteiger partial charge in [0.2, 0.25) is 5.91 Å². The minimum absolute atomic E-state index is 0.0247. The molecule has 1 atom stereocenters. The first-order chi connectivity index (χ1) is 15.8. The van der Waals surface area contributed by atoms with Crippen molar-refractivity contribution in [2.24, 2.45) is 5.41 Å². The van der Waals surface area contributed by atoms with Crippen LogP contribution in [0.15, 0.2) is 77.2 Å². The third kappa shape index (κ3) is 5.93. The van der Waals surface area contributed by atoms with E-state index in [1.807, 2.05) is 93.6 Å². The molecule has 5 nitrogen and oxygen atoms in total. The van der Waals surface area contributed by atoms with E-state index in [0.717, 1.165) is 27.5 Å². The van der Waals surface area contributed by atoms with Gasteiger partial charge in [0.25, 0.3) is 0 Å². The Morgan fingerprint density at radius 3 is 2.42 bits per heavy atom. The monoisotopic (exact) mass is 445 g/mol. The molecule has 0 unspecified atom stereocenters. The number of carbonyl (C=O) groups is 1. The number of benzene rings is 3. The molecule has 0 aliphatic heterocycles. The Labute approximate surface area is 194 Å². The van der Waals surface area contributed by atoms with Crippen LogP contribution in [0.3, 0.4) is 0 Å². The molecular weight excluding hydrogens is 414 g/mol. The fraction of sp³-hybridized carbons (Fsp3) is 0.321. The van der Waals surface area contributed by atoms with Gasteiger partial charge in [-0.2, -0.15) is 0 Å². The number of nitrogens with zero attached hydrogens (tertiary/aromatic N) is 1. The van der Waals surface area contributed by atoms with E-state index < -0.39 is 6.10 Å². The van der Waals surface area contributed by atoms with Crippen LogP contribution in [0.2, 0.25) is 0 Å². The Morgan fingerprint density at radius 2 is 1.67 bits per heavy atom. The Bertz CT molecular complexity index is 1220. The van der Waals surface area contributed by atoms with E-state index in [1.54, 1.807) is 4.90 Å². The maximum atomic E-state index is 13.0. The lowest BCUT2D eigenvalue weighted by molar-refractivity contribution is -0.135.